The highest BCUT2D eigenvalue weighted by molar-refractivity contribution is 6.05. The number of aromatic carboxylic acids is 1. The second kappa shape index (κ2) is 5.91. The number of pyridine rings is 1. The number of carboxylic acid groups (broad SMARTS) is 2. The molecule has 3 N–H and O–H groups in total. The standard InChI is InChI=1S/C15H13NO7/c1-16-9-3-2-7(15(22)23)6-8(9)13(20)12(14(16)21)10(17)4-5-11(18)19/h2-3,6,20H,4-5H2,1H3,(H,18,19)(H,22,23). The summed E-state index contributed by atoms with van der Waals surface area (Å²) in [6.45, 7) is 0. The van der Waals surface area contributed by atoms with Crippen LogP contribution in [0, 0.1) is 0 Å². The third kappa shape index (κ3) is 2.91. The Morgan fingerprint density at radius 2 is 1.78 bits per heavy atom. The Labute approximate surface area is 129 Å². The first-order valence-corrected chi connectivity index (χ1v) is 6.58. The number of aliphatic carboxylic acids is 1. The molecule has 0 amide bonds. The van der Waals surface area contributed by atoms with Gasteiger partial charge in [-0.2, -0.15) is 0 Å². The number of Topliss-reactive ketones (excluding diaryl/α,β-unsaturated/α-hetero) is 1. The summed E-state index contributed by atoms with van der Waals surface area (Å²) in [6, 6.07) is 3.78. The summed E-state index contributed by atoms with van der Waals surface area (Å²) in [5.74, 6) is -3.88. The minimum absolute atomic E-state index is 0.0330. The van der Waals surface area contributed by atoms with Crippen LogP contribution in [0.2, 0.25) is 0 Å². The van der Waals surface area contributed by atoms with Gasteiger partial charge < -0.3 is 19.9 Å². The second-order valence-corrected chi connectivity index (χ2v) is 4.94. The quantitative estimate of drug-likeness (QED) is 0.699. The fraction of sp³-hybridized carbons (Fsp3) is 0.200. The maximum Gasteiger partial charge on any atom is 0.335 e. The van der Waals surface area contributed by atoms with Crippen LogP contribution in [0.1, 0.15) is 33.6 Å². The molecule has 0 saturated heterocycles. The zero-order valence-corrected chi connectivity index (χ0v) is 12.1. The SMILES string of the molecule is Cn1c(=O)c(C(=O)CCC(=O)O)c(O)c2cc(C(=O)O)ccc21. The van der Waals surface area contributed by atoms with Gasteiger partial charge in [0.05, 0.1) is 17.5 Å². The van der Waals surface area contributed by atoms with Crippen molar-refractivity contribution < 1.29 is 29.7 Å². The van der Waals surface area contributed by atoms with Gasteiger partial charge in [0.25, 0.3) is 5.56 Å². The maximum absolute atomic E-state index is 12.2. The number of aryl methyl sites for hydroxylation is 1. The number of benzene rings is 1. The highest BCUT2D eigenvalue weighted by Gasteiger charge is 2.22. The number of hydrogen-bond donors (Lipinski definition) is 3. The van der Waals surface area contributed by atoms with E-state index >= 15 is 0 Å². The molecule has 0 unspecified atom stereocenters. The van der Waals surface area contributed by atoms with Crippen molar-refractivity contribution in [3.05, 3.63) is 39.7 Å². The van der Waals surface area contributed by atoms with Crippen LogP contribution in [-0.4, -0.2) is 37.6 Å². The molecule has 8 nitrogen and oxygen atoms in total. The third-order valence-electron chi connectivity index (χ3n) is 3.46. The molecule has 23 heavy (non-hydrogen) atoms. The van der Waals surface area contributed by atoms with E-state index in [1.807, 2.05) is 0 Å². The fourth-order valence-electron chi connectivity index (χ4n) is 2.26. The molecule has 2 rings (SSSR count). The largest absolute Gasteiger partial charge is 0.506 e. The number of carbonyl (C=O) groups excluding carboxylic acids is 1. The lowest BCUT2D eigenvalue weighted by Crippen LogP contribution is -2.25. The lowest BCUT2D eigenvalue weighted by Gasteiger charge is -2.11. The molecule has 0 aliphatic heterocycles. The number of hydrogen-bond acceptors (Lipinski definition) is 5. The summed E-state index contributed by atoms with van der Waals surface area (Å²) >= 11 is 0. The number of carboxylic acids is 2. The molecule has 1 aromatic carbocycles. The summed E-state index contributed by atoms with van der Waals surface area (Å²) in [5.41, 5.74) is -1.17. The molecule has 0 atom stereocenters. The lowest BCUT2D eigenvalue weighted by molar-refractivity contribution is -0.136. The van der Waals surface area contributed by atoms with Gasteiger partial charge in [-0.3, -0.25) is 14.4 Å². The van der Waals surface area contributed by atoms with Crippen LogP contribution in [0.5, 0.6) is 5.75 Å². The number of aromatic nitrogens is 1. The monoisotopic (exact) mass is 319 g/mol. The Bertz CT molecular complexity index is 895. The molecule has 2 aromatic rings. The summed E-state index contributed by atoms with van der Waals surface area (Å²) < 4.78 is 1.11. The Morgan fingerprint density at radius 1 is 1.13 bits per heavy atom. The number of carbonyl (C=O) groups is 3. The summed E-state index contributed by atoms with van der Waals surface area (Å²) in [5, 5.41) is 27.9. The molecule has 120 valence electrons. The van der Waals surface area contributed by atoms with Gasteiger partial charge in [0.1, 0.15) is 11.3 Å². The van der Waals surface area contributed by atoms with Crippen molar-refractivity contribution in [1.29, 1.82) is 0 Å². The molecule has 1 heterocycles. The van der Waals surface area contributed by atoms with Crippen molar-refractivity contribution in [3.63, 3.8) is 0 Å². The molecule has 0 bridgehead atoms. The van der Waals surface area contributed by atoms with Gasteiger partial charge in [-0.05, 0) is 18.2 Å². The number of rotatable bonds is 5. The van der Waals surface area contributed by atoms with Gasteiger partial charge in [0, 0.05) is 18.9 Å². The first kappa shape index (κ1) is 16.2. The van der Waals surface area contributed by atoms with Gasteiger partial charge >= 0.3 is 11.9 Å². The van der Waals surface area contributed by atoms with E-state index in [0.717, 1.165) is 10.6 Å². The average molecular weight is 319 g/mol. The molecule has 0 fully saturated rings. The van der Waals surface area contributed by atoms with E-state index in [9.17, 15) is 24.3 Å². The molecule has 8 heteroatoms. The van der Waals surface area contributed by atoms with Gasteiger partial charge in [-0.1, -0.05) is 0 Å². The first-order chi connectivity index (χ1) is 10.7. The molecule has 0 saturated carbocycles. The predicted molar refractivity (Wildman–Crippen MR) is 79.0 cm³/mol. The number of fused-ring (bicyclic) bond motifs is 1. The molecule has 0 aliphatic rings. The lowest BCUT2D eigenvalue weighted by atomic mass is 10.0. The van der Waals surface area contributed by atoms with Crippen LogP contribution in [0.4, 0.5) is 0 Å². The Morgan fingerprint density at radius 3 is 2.35 bits per heavy atom. The van der Waals surface area contributed by atoms with Crippen LogP contribution in [-0.2, 0) is 11.8 Å². The van der Waals surface area contributed by atoms with E-state index in [1.165, 1.54) is 19.2 Å². The smallest absolute Gasteiger partial charge is 0.335 e. The van der Waals surface area contributed by atoms with Crippen LogP contribution in [0.25, 0.3) is 10.9 Å². The van der Waals surface area contributed by atoms with Crippen molar-refractivity contribution in [2.75, 3.05) is 0 Å². The van der Waals surface area contributed by atoms with Gasteiger partial charge in [-0.25, -0.2) is 4.79 Å². The molecule has 0 spiro atoms. The molecule has 1 aromatic heterocycles. The Hall–Kier alpha value is -3.16. The summed E-state index contributed by atoms with van der Waals surface area (Å²) in [4.78, 5) is 45.8. The van der Waals surface area contributed by atoms with Gasteiger partial charge in [-0.15, -0.1) is 0 Å². The average Bonchev–Trinajstić information content (AvgIpc) is 2.50. The Kier molecular flexibility index (Phi) is 4.17. The minimum atomic E-state index is -1.22. The third-order valence-corrected chi connectivity index (χ3v) is 3.46. The second-order valence-electron chi connectivity index (χ2n) is 4.94. The number of aromatic hydroxyl groups is 1. The van der Waals surface area contributed by atoms with Crippen molar-refractivity contribution >= 4 is 28.6 Å². The van der Waals surface area contributed by atoms with E-state index in [4.69, 9.17) is 10.2 Å². The first-order valence-electron chi connectivity index (χ1n) is 6.58. The van der Waals surface area contributed by atoms with Crippen molar-refractivity contribution in [2.45, 2.75) is 12.8 Å². The maximum atomic E-state index is 12.2. The molecule has 0 radical (unpaired) electrons. The molecular formula is C15H13NO7. The van der Waals surface area contributed by atoms with Crippen LogP contribution >= 0.6 is 0 Å². The van der Waals surface area contributed by atoms with Crippen LogP contribution < -0.4 is 5.56 Å². The molecular weight excluding hydrogens is 306 g/mol. The van der Waals surface area contributed by atoms with Crippen molar-refractivity contribution in [3.8, 4) is 5.75 Å². The molecule has 0 aliphatic carbocycles. The number of ketones is 1. The number of nitrogens with zero attached hydrogens (tertiary/aromatic N) is 1. The van der Waals surface area contributed by atoms with Gasteiger partial charge in [0.15, 0.2) is 5.78 Å². The van der Waals surface area contributed by atoms with Crippen LogP contribution in [0.3, 0.4) is 0 Å². The minimum Gasteiger partial charge on any atom is -0.506 e. The van der Waals surface area contributed by atoms with E-state index in [0.29, 0.717) is 0 Å². The van der Waals surface area contributed by atoms with Crippen LogP contribution in [0.15, 0.2) is 23.0 Å². The van der Waals surface area contributed by atoms with E-state index in [-0.39, 0.29) is 16.5 Å². The Balaban J connectivity index is 2.70. The fourth-order valence-corrected chi connectivity index (χ4v) is 2.26. The van der Waals surface area contributed by atoms with Crippen molar-refractivity contribution in [2.24, 2.45) is 7.05 Å². The highest BCUT2D eigenvalue weighted by Crippen LogP contribution is 2.28. The summed E-state index contributed by atoms with van der Waals surface area (Å²) in [7, 11) is 1.37. The normalized spacial score (nSPS) is 10.7. The van der Waals surface area contributed by atoms with E-state index in [1.54, 1.807) is 0 Å². The zero-order valence-electron chi connectivity index (χ0n) is 12.1. The highest BCUT2D eigenvalue weighted by atomic mass is 16.4. The van der Waals surface area contributed by atoms with Crippen molar-refractivity contribution in [1.82, 2.24) is 4.57 Å². The van der Waals surface area contributed by atoms with Gasteiger partial charge in [0.2, 0.25) is 0 Å². The zero-order chi connectivity index (χ0) is 17.3. The van der Waals surface area contributed by atoms with E-state index < -0.39 is 47.4 Å². The predicted octanol–water partition coefficient (Wildman–Crippen LogP) is 0.990. The van der Waals surface area contributed by atoms with E-state index in [2.05, 4.69) is 0 Å². The summed E-state index contributed by atoms with van der Waals surface area (Å²) in [6.07, 6.45) is -0.920. The topological polar surface area (TPSA) is 134 Å².